The third-order valence-electron chi connectivity index (χ3n) is 3.74. The Hall–Kier alpha value is -0.990. The topological polar surface area (TPSA) is 0 Å². The summed E-state index contributed by atoms with van der Waals surface area (Å²) in [5.74, 6) is -2.73. The van der Waals surface area contributed by atoms with Crippen LogP contribution in [-0.4, -0.2) is 0 Å². The van der Waals surface area contributed by atoms with Crippen LogP contribution >= 0.6 is 0 Å². The van der Waals surface area contributed by atoms with E-state index >= 15 is 0 Å². The van der Waals surface area contributed by atoms with Crippen LogP contribution in [0.4, 0.5) is 13.2 Å². The number of benzene rings is 1. The van der Waals surface area contributed by atoms with Gasteiger partial charge in [-0.2, -0.15) is 0 Å². The van der Waals surface area contributed by atoms with Crippen molar-refractivity contribution in [3.05, 3.63) is 35.1 Å². The molecule has 0 aliphatic heterocycles. The van der Waals surface area contributed by atoms with Crippen LogP contribution in [0.25, 0.3) is 0 Å². The highest BCUT2D eigenvalue weighted by molar-refractivity contribution is 5.35. The van der Waals surface area contributed by atoms with Crippen LogP contribution in [0.3, 0.4) is 0 Å². The van der Waals surface area contributed by atoms with E-state index in [2.05, 4.69) is 6.92 Å². The third kappa shape index (κ3) is 2.48. The van der Waals surface area contributed by atoms with Gasteiger partial charge in [-0.3, -0.25) is 0 Å². The van der Waals surface area contributed by atoms with E-state index in [9.17, 15) is 13.2 Å². The van der Waals surface area contributed by atoms with Gasteiger partial charge in [-0.1, -0.05) is 19.4 Å². The number of hydrogen-bond donors (Lipinski definition) is 0. The summed E-state index contributed by atoms with van der Waals surface area (Å²) in [6, 6.07) is 3.79. The minimum atomic E-state index is -2.96. The van der Waals surface area contributed by atoms with E-state index < -0.39 is 11.7 Å². The van der Waals surface area contributed by atoms with Gasteiger partial charge in [-0.25, -0.2) is 13.2 Å². The summed E-state index contributed by atoms with van der Waals surface area (Å²) in [5, 5.41) is 0. The van der Waals surface area contributed by atoms with Gasteiger partial charge in [0.15, 0.2) is 0 Å². The molecule has 0 unspecified atom stereocenters. The Bertz CT molecular complexity index is 400. The molecule has 0 N–H and O–H groups in total. The molecule has 0 spiro atoms. The zero-order chi connectivity index (χ0) is 12.6. The van der Waals surface area contributed by atoms with Crippen molar-refractivity contribution in [3.8, 4) is 0 Å². The Kier molecular flexibility index (Phi) is 3.19. The molecule has 0 aromatic heterocycles. The summed E-state index contributed by atoms with van der Waals surface area (Å²) < 4.78 is 39.9. The van der Waals surface area contributed by atoms with Crippen LogP contribution in [0.15, 0.2) is 18.2 Å². The molecule has 0 heterocycles. The Balaban J connectivity index is 2.28. The van der Waals surface area contributed by atoms with Crippen LogP contribution in [0.1, 0.15) is 50.2 Å². The SMILES string of the molecule is CCC1CC(c2ccc(F)cc2C(C)(F)F)C1. The average molecular weight is 242 g/mol. The summed E-state index contributed by atoms with van der Waals surface area (Å²) in [4.78, 5) is 0. The zero-order valence-corrected chi connectivity index (χ0v) is 10.1. The van der Waals surface area contributed by atoms with E-state index in [4.69, 9.17) is 0 Å². The smallest absolute Gasteiger partial charge is 0.207 e. The van der Waals surface area contributed by atoms with E-state index in [0.29, 0.717) is 11.5 Å². The van der Waals surface area contributed by atoms with Crippen molar-refractivity contribution in [2.45, 2.75) is 45.0 Å². The maximum absolute atomic E-state index is 13.4. The van der Waals surface area contributed by atoms with Gasteiger partial charge in [0.2, 0.25) is 0 Å². The molecule has 1 aliphatic rings. The fraction of sp³-hybridized carbons (Fsp3) is 0.571. The zero-order valence-electron chi connectivity index (χ0n) is 10.1. The number of hydrogen-bond acceptors (Lipinski definition) is 0. The highest BCUT2D eigenvalue weighted by Crippen LogP contribution is 2.46. The summed E-state index contributed by atoms with van der Waals surface area (Å²) in [5.41, 5.74) is 0.487. The normalized spacial score (nSPS) is 24.5. The quantitative estimate of drug-likeness (QED) is 0.711. The Labute approximate surface area is 99.8 Å². The Morgan fingerprint density at radius 2 is 1.94 bits per heavy atom. The van der Waals surface area contributed by atoms with Crippen molar-refractivity contribution in [1.82, 2.24) is 0 Å². The lowest BCUT2D eigenvalue weighted by atomic mass is 9.69. The lowest BCUT2D eigenvalue weighted by molar-refractivity contribution is 0.0149. The number of rotatable bonds is 3. The summed E-state index contributed by atoms with van der Waals surface area (Å²) in [7, 11) is 0. The molecule has 0 nitrogen and oxygen atoms in total. The second-order valence-electron chi connectivity index (χ2n) is 5.06. The molecule has 2 rings (SSSR count). The molecule has 1 fully saturated rings. The first-order valence-electron chi connectivity index (χ1n) is 6.09. The monoisotopic (exact) mass is 242 g/mol. The molecule has 3 heteroatoms. The summed E-state index contributed by atoms with van der Waals surface area (Å²) in [6.07, 6.45) is 2.99. The molecule has 0 radical (unpaired) electrons. The summed E-state index contributed by atoms with van der Waals surface area (Å²) in [6.45, 7) is 2.95. The van der Waals surface area contributed by atoms with Crippen LogP contribution in [0, 0.1) is 11.7 Å². The van der Waals surface area contributed by atoms with Crippen LogP contribution in [0.5, 0.6) is 0 Å². The van der Waals surface area contributed by atoms with Gasteiger partial charge in [0.25, 0.3) is 5.92 Å². The van der Waals surface area contributed by atoms with Gasteiger partial charge in [-0.05, 0) is 42.4 Å². The first kappa shape index (κ1) is 12.5. The molecular formula is C14H17F3. The van der Waals surface area contributed by atoms with Crippen LogP contribution in [0.2, 0.25) is 0 Å². The summed E-state index contributed by atoms with van der Waals surface area (Å²) >= 11 is 0. The maximum atomic E-state index is 13.4. The fourth-order valence-corrected chi connectivity index (χ4v) is 2.59. The first-order chi connectivity index (χ1) is 7.91. The molecule has 1 saturated carbocycles. The van der Waals surface area contributed by atoms with Gasteiger partial charge in [-0.15, -0.1) is 0 Å². The van der Waals surface area contributed by atoms with Crippen molar-refractivity contribution in [2.75, 3.05) is 0 Å². The number of alkyl halides is 2. The predicted molar refractivity (Wildman–Crippen MR) is 61.7 cm³/mol. The highest BCUT2D eigenvalue weighted by Gasteiger charge is 2.35. The molecule has 1 aromatic rings. The van der Waals surface area contributed by atoms with Gasteiger partial charge in [0.05, 0.1) is 0 Å². The van der Waals surface area contributed by atoms with Crippen molar-refractivity contribution < 1.29 is 13.2 Å². The molecule has 1 aliphatic carbocycles. The average Bonchev–Trinajstić information content (AvgIpc) is 2.17. The lowest BCUT2D eigenvalue weighted by Gasteiger charge is -2.36. The maximum Gasteiger partial charge on any atom is 0.270 e. The molecule has 94 valence electrons. The van der Waals surface area contributed by atoms with E-state index in [0.717, 1.165) is 32.3 Å². The van der Waals surface area contributed by atoms with E-state index in [1.54, 1.807) is 0 Å². The van der Waals surface area contributed by atoms with Gasteiger partial charge in [0.1, 0.15) is 5.82 Å². The van der Waals surface area contributed by atoms with Crippen molar-refractivity contribution in [3.63, 3.8) is 0 Å². The molecule has 0 saturated heterocycles. The second-order valence-corrected chi connectivity index (χ2v) is 5.06. The lowest BCUT2D eigenvalue weighted by Crippen LogP contribution is -2.24. The van der Waals surface area contributed by atoms with Crippen molar-refractivity contribution >= 4 is 0 Å². The molecule has 0 bridgehead atoms. The Morgan fingerprint density at radius 3 is 2.47 bits per heavy atom. The van der Waals surface area contributed by atoms with Gasteiger partial charge >= 0.3 is 0 Å². The van der Waals surface area contributed by atoms with Crippen LogP contribution in [-0.2, 0) is 5.92 Å². The largest absolute Gasteiger partial charge is 0.270 e. The van der Waals surface area contributed by atoms with Crippen molar-refractivity contribution in [2.24, 2.45) is 5.92 Å². The predicted octanol–water partition coefficient (Wildman–Crippen LogP) is 4.84. The van der Waals surface area contributed by atoms with Gasteiger partial charge in [0, 0.05) is 12.5 Å². The fourth-order valence-electron chi connectivity index (χ4n) is 2.59. The minimum absolute atomic E-state index is 0.142. The van der Waals surface area contributed by atoms with E-state index in [1.165, 1.54) is 12.1 Å². The molecule has 0 amide bonds. The Morgan fingerprint density at radius 1 is 1.29 bits per heavy atom. The molecule has 0 atom stereocenters. The molecular weight excluding hydrogens is 225 g/mol. The minimum Gasteiger partial charge on any atom is -0.207 e. The van der Waals surface area contributed by atoms with E-state index in [-0.39, 0.29) is 11.5 Å². The highest BCUT2D eigenvalue weighted by atomic mass is 19.3. The van der Waals surface area contributed by atoms with Crippen LogP contribution < -0.4 is 0 Å². The first-order valence-corrected chi connectivity index (χ1v) is 6.09. The van der Waals surface area contributed by atoms with E-state index in [1.807, 2.05) is 0 Å². The van der Waals surface area contributed by atoms with Gasteiger partial charge < -0.3 is 0 Å². The third-order valence-corrected chi connectivity index (χ3v) is 3.74. The number of halogens is 3. The standard InChI is InChI=1S/C14H17F3/c1-3-9-6-10(7-9)12-5-4-11(15)8-13(12)14(2,16)17/h4-5,8-10H,3,6-7H2,1-2H3. The molecule has 17 heavy (non-hydrogen) atoms. The second kappa shape index (κ2) is 4.35. The van der Waals surface area contributed by atoms with Crippen molar-refractivity contribution in [1.29, 1.82) is 0 Å². The molecule has 1 aromatic carbocycles.